The van der Waals surface area contributed by atoms with Crippen LogP contribution in [0.4, 0.5) is 4.39 Å². The molecule has 1 N–H and O–H groups in total. The predicted octanol–water partition coefficient (Wildman–Crippen LogP) is 1.67. The standard InChI is InChI=1S/C15H16FN3O3/c1-3-22-15(21)13-8-12(18-19(13)2)14(20)17-9-10-5-4-6-11(16)7-10/h4-8H,3,9H2,1-2H3,(H,17,20). The van der Waals surface area contributed by atoms with E-state index in [0.717, 1.165) is 0 Å². The molecular formula is C15H16FN3O3. The molecule has 1 aromatic heterocycles. The van der Waals surface area contributed by atoms with Gasteiger partial charge in [0.25, 0.3) is 5.91 Å². The highest BCUT2D eigenvalue weighted by Crippen LogP contribution is 2.07. The number of carbonyl (C=O) groups excluding carboxylic acids is 2. The normalized spacial score (nSPS) is 10.3. The maximum atomic E-state index is 13.1. The fraction of sp³-hybridized carbons (Fsp3) is 0.267. The molecule has 1 heterocycles. The highest BCUT2D eigenvalue weighted by atomic mass is 19.1. The number of rotatable bonds is 5. The largest absolute Gasteiger partial charge is 0.461 e. The van der Waals surface area contributed by atoms with Gasteiger partial charge in [-0.2, -0.15) is 5.10 Å². The van der Waals surface area contributed by atoms with Crippen molar-refractivity contribution < 1.29 is 18.7 Å². The van der Waals surface area contributed by atoms with E-state index < -0.39 is 11.9 Å². The molecule has 0 fully saturated rings. The smallest absolute Gasteiger partial charge is 0.356 e. The summed E-state index contributed by atoms with van der Waals surface area (Å²) < 4.78 is 19.2. The van der Waals surface area contributed by atoms with Gasteiger partial charge >= 0.3 is 5.97 Å². The number of nitrogens with zero attached hydrogens (tertiary/aromatic N) is 2. The Labute approximate surface area is 126 Å². The molecule has 1 aromatic carbocycles. The molecule has 1 amide bonds. The molecule has 0 bridgehead atoms. The van der Waals surface area contributed by atoms with Crippen molar-refractivity contribution in [1.29, 1.82) is 0 Å². The van der Waals surface area contributed by atoms with Crippen molar-refractivity contribution >= 4 is 11.9 Å². The van der Waals surface area contributed by atoms with E-state index in [-0.39, 0.29) is 30.4 Å². The molecule has 2 aromatic rings. The van der Waals surface area contributed by atoms with Crippen LogP contribution in [0.5, 0.6) is 0 Å². The molecule has 0 atom stereocenters. The van der Waals surface area contributed by atoms with Crippen molar-refractivity contribution in [2.75, 3.05) is 6.61 Å². The van der Waals surface area contributed by atoms with Gasteiger partial charge in [0.05, 0.1) is 6.61 Å². The molecule has 7 heteroatoms. The molecule has 0 aliphatic rings. The zero-order valence-electron chi connectivity index (χ0n) is 12.3. The molecule has 2 rings (SSSR count). The molecule has 0 radical (unpaired) electrons. The lowest BCUT2D eigenvalue weighted by molar-refractivity contribution is 0.0513. The third kappa shape index (κ3) is 3.69. The van der Waals surface area contributed by atoms with Crippen molar-refractivity contribution in [3.63, 3.8) is 0 Å². The second kappa shape index (κ2) is 6.84. The lowest BCUT2D eigenvalue weighted by Crippen LogP contribution is -2.23. The molecule has 6 nitrogen and oxygen atoms in total. The minimum absolute atomic E-state index is 0.0990. The number of hydrogen-bond donors (Lipinski definition) is 1. The van der Waals surface area contributed by atoms with E-state index in [9.17, 15) is 14.0 Å². The van der Waals surface area contributed by atoms with Crippen molar-refractivity contribution in [2.45, 2.75) is 13.5 Å². The number of nitrogens with one attached hydrogen (secondary N) is 1. The second-order valence-corrected chi connectivity index (χ2v) is 4.57. The van der Waals surface area contributed by atoms with E-state index in [2.05, 4.69) is 10.4 Å². The minimum atomic E-state index is -0.540. The van der Waals surface area contributed by atoms with Gasteiger partial charge in [-0.1, -0.05) is 12.1 Å². The first-order valence-corrected chi connectivity index (χ1v) is 6.75. The van der Waals surface area contributed by atoms with Gasteiger partial charge in [0.2, 0.25) is 0 Å². The van der Waals surface area contributed by atoms with Crippen LogP contribution in [-0.2, 0) is 18.3 Å². The summed E-state index contributed by atoms with van der Waals surface area (Å²) in [5.74, 6) is -1.36. The van der Waals surface area contributed by atoms with Gasteiger partial charge < -0.3 is 10.1 Å². The highest BCUT2D eigenvalue weighted by Gasteiger charge is 2.18. The number of amides is 1. The van der Waals surface area contributed by atoms with Crippen LogP contribution in [-0.4, -0.2) is 28.3 Å². The van der Waals surface area contributed by atoms with Crippen LogP contribution in [0.1, 0.15) is 33.5 Å². The Morgan fingerprint density at radius 1 is 1.36 bits per heavy atom. The van der Waals surface area contributed by atoms with Crippen molar-refractivity contribution in [1.82, 2.24) is 15.1 Å². The zero-order chi connectivity index (χ0) is 16.1. The summed E-state index contributed by atoms with van der Waals surface area (Å²) in [6.07, 6.45) is 0. The molecule has 0 saturated carbocycles. The number of aryl methyl sites for hydroxylation is 1. The van der Waals surface area contributed by atoms with Gasteiger partial charge in [0.1, 0.15) is 11.5 Å². The average Bonchev–Trinajstić information content (AvgIpc) is 2.87. The van der Waals surface area contributed by atoms with Gasteiger partial charge in [0, 0.05) is 19.7 Å². The van der Waals surface area contributed by atoms with Crippen molar-refractivity contribution in [2.24, 2.45) is 7.05 Å². The van der Waals surface area contributed by atoms with Gasteiger partial charge in [-0.05, 0) is 24.6 Å². The molecule has 22 heavy (non-hydrogen) atoms. The summed E-state index contributed by atoms with van der Waals surface area (Å²) in [6.45, 7) is 2.11. The van der Waals surface area contributed by atoms with E-state index in [1.165, 1.54) is 22.9 Å². The van der Waals surface area contributed by atoms with Crippen molar-refractivity contribution in [3.8, 4) is 0 Å². The van der Waals surface area contributed by atoms with Crippen LogP contribution >= 0.6 is 0 Å². The third-order valence-electron chi connectivity index (χ3n) is 2.94. The Morgan fingerprint density at radius 3 is 2.82 bits per heavy atom. The summed E-state index contributed by atoms with van der Waals surface area (Å²) in [6, 6.07) is 7.29. The third-order valence-corrected chi connectivity index (χ3v) is 2.94. The molecule has 0 spiro atoms. The number of benzene rings is 1. The van der Waals surface area contributed by atoms with Crippen LogP contribution in [0.15, 0.2) is 30.3 Å². The van der Waals surface area contributed by atoms with E-state index in [1.54, 1.807) is 26.1 Å². The Morgan fingerprint density at radius 2 is 2.14 bits per heavy atom. The monoisotopic (exact) mass is 305 g/mol. The molecule has 0 saturated heterocycles. The maximum absolute atomic E-state index is 13.1. The number of ether oxygens (including phenoxy) is 1. The van der Waals surface area contributed by atoms with Crippen LogP contribution in [0.25, 0.3) is 0 Å². The highest BCUT2D eigenvalue weighted by molar-refractivity contribution is 5.95. The quantitative estimate of drug-likeness (QED) is 0.853. The number of esters is 1. The second-order valence-electron chi connectivity index (χ2n) is 4.57. The van der Waals surface area contributed by atoms with Gasteiger partial charge in [-0.25, -0.2) is 9.18 Å². The first kappa shape index (κ1) is 15.7. The Kier molecular flexibility index (Phi) is 4.88. The van der Waals surface area contributed by atoms with Gasteiger partial charge in [-0.3, -0.25) is 9.48 Å². The Balaban J connectivity index is 2.04. The summed E-state index contributed by atoms with van der Waals surface area (Å²) >= 11 is 0. The topological polar surface area (TPSA) is 73.2 Å². The fourth-order valence-corrected chi connectivity index (χ4v) is 1.89. The number of carbonyl (C=O) groups is 2. The molecule has 0 aliphatic heterocycles. The van der Waals surface area contributed by atoms with E-state index in [1.807, 2.05) is 0 Å². The lowest BCUT2D eigenvalue weighted by Gasteiger charge is -2.03. The number of aromatic nitrogens is 2. The molecular weight excluding hydrogens is 289 g/mol. The van der Waals surface area contributed by atoms with Gasteiger partial charge in [0.15, 0.2) is 5.69 Å². The number of halogens is 1. The van der Waals surface area contributed by atoms with Gasteiger partial charge in [-0.15, -0.1) is 0 Å². The fourth-order valence-electron chi connectivity index (χ4n) is 1.89. The van der Waals surface area contributed by atoms with Crippen LogP contribution in [0, 0.1) is 5.82 Å². The number of hydrogen-bond acceptors (Lipinski definition) is 4. The van der Waals surface area contributed by atoms with Crippen LogP contribution < -0.4 is 5.32 Å². The van der Waals surface area contributed by atoms with Crippen LogP contribution in [0.2, 0.25) is 0 Å². The first-order valence-electron chi connectivity index (χ1n) is 6.75. The summed E-state index contributed by atoms with van der Waals surface area (Å²) in [5, 5.41) is 6.59. The van der Waals surface area contributed by atoms with E-state index in [0.29, 0.717) is 5.56 Å². The maximum Gasteiger partial charge on any atom is 0.356 e. The predicted molar refractivity (Wildman–Crippen MR) is 76.7 cm³/mol. The Bertz CT molecular complexity index is 697. The molecule has 0 aliphatic carbocycles. The van der Waals surface area contributed by atoms with Crippen molar-refractivity contribution in [3.05, 3.63) is 53.1 Å². The van der Waals surface area contributed by atoms with E-state index >= 15 is 0 Å². The minimum Gasteiger partial charge on any atom is -0.461 e. The zero-order valence-corrected chi connectivity index (χ0v) is 12.3. The van der Waals surface area contributed by atoms with E-state index in [4.69, 9.17) is 4.74 Å². The lowest BCUT2D eigenvalue weighted by atomic mass is 10.2. The average molecular weight is 305 g/mol. The SMILES string of the molecule is CCOC(=O)c1cc(C(=O)NCc2cccc(F)c2)nn1C. The Hall–Kier alpha value is -2.70. The summed E-state index contributed by atoms with van der Waals surface area (Å²) in [4.78, 5) is 23.7. The summed E-state index contributed by atoms with van der Waals surface area (Å²) in [5.41, 5.74) is 0.926. The molecule has 0 unspecified atom stereocenters. The summed E-state index contributed by atoms with van der Waals surface area (Å²) in [7, 11) is 1.55. The van der Waals surface area contributed by atoms with Crippen LogP contribution in [0.3, 0.4) is 0 Å². The molecule has 116 valence electrons. The first-order chi connectivity index (χ1) is 10.5.